The van der Waals surface area contributed by atoms with Crippen LogP contribution >= 0.6 is 0 Å². The van der Waals surface area contributed by atoms with Gasteiger partial charge in [0, 0.05) is 30.6 Å². The molecule has 0 unspecified atom stereocenters. The van der Waals surface area contributed by atoms with E-state index in [-0.39, 0.29) is 0 Å². The van der Waals surface area contributed by atoms with Gasteiger partial charge in [0.15, 0.2) is 0 Å². The predicted octanol–water partition coefficient (Wildman–Crippen LogP) is -0.356. The molecule has 1 heterocycles. The third-order valence-electron chi connectivity index (χ3n) is 1.89. The molecule has 2 aliphatic rings. The molecule has 2 rings (SSSR count). The standard InChI is InChI=1S/C5H8N2/c6-5-3-1-7-2-4(3)5/h1,3-5H,2,6H2/t3-,4+,5+/m1/s1. The van der Waals surface area contributed by atoms with Crippen molar-refractivity contribution in [1.29, 1.82) is 0 Å². The number of nitrogens with two attached hydrogens (primary N) is 1. The third kappa shape index (κ3) is 0.304. The van der Waals surface area contributed by atoms with Gasteiger partial charge in [0.2, 0.25) is 0 Å². The highest BCUT2D eigenvalue weighted by molar-refractivity contribution is 5.69. The summed E-state index contributed by atoms with van der Waals surface area (Å²) in [7, 11) is 0. The molecule has 0 spiro atoms. The Balaban J connectivity index is 2.18. The zero-order valence-corrected chi connectivity index (χ0v) is 4.04. The normalized spacial score (nSPS) is 54.7. The van der Waals surface area contributed by atoms with Crippen LogP contribution in [0.15, 0.2) is 4.99 Å². The van der Waals surface area contributed by atoms with Gasteiger partial charge >= 0.3 is 0 Å². The van der Waals surface area contributed by atoms with E-state index in [1.165, 1.54) is 0 Å². The molecule has 0 aromatic carbocycles. The van der Waals surface area contributed by atoms with Crippen molar-refractivity contribution in [3.05, 3.63) is 0 Å². The molecular formula is C5H8N2. The Hall–Kier alpha value is -0.370. The van der Waals surface area contributed by atoms with Crippen molar-refractivity contribution in [2.24, 2.45) is 22.6 Å². The highest BCUT2D eigenvalue weighted by Gasteiger charge is 2.48. The lowest BCUT2D eigenvalue weighted by atomic mass is 10.4. The molecule has 3 atom stereocenters. The van der Waals surface area contributed by atoms with E-state index in [1.807, 2.05) is 6.21 Å². The molecule has 1 fully saturated rings. The van der Waals surface area contributed by atoms with Gasteiger partial charge in [-0.05, 0) is 0 Å². The van der Waals surface area contributed by atoms with Gasteiger partial charge < -0.3 is 5.73 Å². The van der Waals surface area contributed by atoms with Gasteiger partial charge in [-0.1, -0.05) is 0 Å². The van der Waals surface area contributed by atoms with Crippen molar-refractivity contribution in [2.75, 3.05) is 6.54 Å². The predicted molar refractivity (Wildman–Crippen MR) is 28.3 cm³/mol. The second-order valence-electron chi connectivity index (χ2n) is 2.33. The smallest absolute Gasteiger partial charge is 0.0435 e. The molecule has 38 valence electrons. The monoisotopic (exact) mass is 96.1 g/mol. The summed E-state index contributed by atoms with van der Waals surface area (Å²) in [6, 6.07) is 0.470. The van der Waals surface area contributed by atoms with Gasteiger partial charge in [0.1, 0.15) is 0 Å². The van der Waals surface area contributed by atoms with Gasteiger partial charge in [-0.3, -0.25) is 4.99 Å². The molecular weight excluding hydrogens is 88.1 g/mol. The van der Waals surface area contributed by atoms with Crippen LogP contribution in [0, 0.1) is 11.8 Å². The van der Waals surface area contributed by atoms with E-state index in [2.05, 4.69) is 4.99 Å². The van der Waals surface area contributed by atoms with E-state index in [0.717, 1.165) is 12.5 Å². The molecule has 1 aliphatic heterocycles. The fourth-order valence-electron chi connectivity index (χ4n) is 1.19. The second kappa shape index (κ2) is 0.892. The van der Waals surface area contributed by atoms with Gasteiger partial charge in [0.05, 0.1) is 0 Å². The Labute approximate surface area is 42.4 Å². The molecule has 2 N–H and O–H groups in total. The molecule has 0 aromatic rings. The zero-order chi connectivity index (χ0) is 4.85. The fourth-order valence-corrected chi connectivity index (χ4v) is 1.19. The number of hydrogen-bond acceptors (Lipinski definition) is 2. The van der Waals surface area contributed by atoms with Crippen molar-refractivity contribution in [1.82, 2.24) is 0 Å². The average Bonchev–Trinajstić information content (AvgIpc) is 2.26. The van der Waals surface area contributed by atoms with E-state index in [9.17, 15) is 0 Å². The Morgan fingerprint density at radius 2 is 2.57 bits per heavy atom. The molecule has 0 amide bonds. The fraction of sp³-hybridized carbons (Fsp3) is 0.800. The van der Waals surface area contributed by atoms with Crippen molar-refractivity contribution in [3.8, 4) is 0 Å². The van der Waals surface area contributed by atoms with E-state index >= 15 is 0 Å². The van der Waals surface area contributed by atoms with E-state index in [0.29, 0.717) is 12.0 Å². The van der Waals surface area contributed by atoms with Crippen molar-refractivity contribution in [2.45, 2.75) is 6.04 Å². The van der Waals surface area contributed by atoms with E-state index in [1.54, 1.807) is 0 Å². The number of fused-ring (bicyclic) bond motifs is 1. The molecule has 2 heteroatoms. The highest BCUT2D eigenvalue weighted by atomic mass is 14.9. The first-order valence-electron chi connectivity index (χ1n) is 2.65. The van der Waals surface area contributed by atoms with Crippen LogP contribution in [-0.4, -0.2) is 18.8 Å². The first-order valence-corrected chi connectivity index (χ1v) is 2.65. The summed E-state index contributed by atoms with van der Waals surface area (Å²) in [6.07, 6.45) is 2.00. The minimum Gasteiger partial charge on any atom is -0.327 e. The number of nitrogens with zero attached hydrogens (tertiary/aromatic N) is 1. The molecule has 0 saturated heterocycles. The molecule has 7 heavy (non-hydrogen) atoms. The van der Waals surface area contributed by atoms with Crippen molar-refractivity contribution >= 4 is 6.21 Å². The summed E-state index contributed by atoms with van der Waals surface area (Å²) in [5.41, 5.74) is 5.58. The maximum atomic E-state index is 5.58. The third-order valence-corrected chi connectivity index (χ3v) is 1.89. The Morgan fingerprint density at radius 1 is 1.71 bits per heavy atom. The lowest BCUT2D eigenvalue weighted by Crippen LogP contribution is -2.06. The van der Waals surface area contributed by atoms with Crippen LogP contribution < -0.4 is 5.73 Å². The van der Waals surface area contributed by atoms with Crippen molar-refractivity contribution in [3.63, 3.8) is 0 Å². The average molecular weight is 96.1 g/mol. The quantitative estimate of drug-likeness (QED) is 0.439. The minimum atomic E-state index is 0.470. The Morgan fingerprint density at radius 3 is 2.86 bits per heavy atom. The molecule has 0 bridgehead atoms. The minimum absolute atomic E-state index is 0.470. The van der Waals surface area contributed by atoms with Crippen LogP contribution in [-0.2, 0) is 0 Å². The Bertz CT molecular complexity index is 119. The lowest BCUT2D eigenvalue weighted by Gasteiger charge is -1.83. The first kappa shape index (κ1) is 3.61. The lowest BCUT2D eigenvalue weighted by molar-refractivity contribution is 0.814. The maximum absolute atomic E-state index is 5.58. The van der Waals surface area contributed by atoms with Crippen molar-refractivity contribution < 1.29 is 0 Å². The van der Waals surface area contributed by atoms with Gasteiger partial charge in [-0.2, -0.15) is 0 Å². The molecule has 2 nitrogen and oxygen atoms in total. The number of rotatable bonds is 0. The first-order chi connectivity index (χ1) is 3.39. The summed E-state index contributed by atoms with van der Waals surface area (Å²) < 4.78 is 0. The van der Waals surface area contributed by atoms with Gasteiger partial charge in [-0.25, -0.2) is 0 Å². The summed E-state index contributed by atoms with van der Waals surface area (Å²) >= 11 is 0. The van der Waals surface area contributed by atoms with Crippen LogP contribution in [0.5, 0.6) is 0 Å². The number of hydrogen-bond donors (Lipinski definition) is 1. The summed E-state index contributed by atoms with van der Waals surface area (Å²) in [5.74, 6) is 1.40. The highest BCUT2D eigenvalue weighted by Crippen LogP contribution is 2.39. The van der Waals surface area contributed by atoms with Crippen LogP contribution in [0.25, 0.3) is 0 Å². The largest absolute Gasteiger partial charge is 0.327 e. The Kier molecular flexibility index (Phi) is 0.460. The SMILES string of the molecule is N[C@H]1[C@@H]2C=NC[C@H]12. The van der Waals surface area contributed by atoms with E-state index in [4.69, 9.17) is 5.73 Å². The molecule has 1 aliphatic carbocycles. The van der Waals surface area contributed by atoms with Crippen LogP contribution in [0.2, 0.25) is 0 Å². The maximum Gasteiger partial charge on any atom is 0.0435 e. The molecule has 1 saturated carbocycles. The van der Waals surface area contributed by atoms with Crippen LogP contribution in [0.1, 0.15) is 0 Å². The molecule has 0 aromatic heterocycles. The zero-order valence-electron chi connectivity index (χ0n) is 4.04. The van der Waals surface area contributed by atoms with E-state index < -0.39 is 0 Å². The summed E-state index contributed by atoms with van der Waals surface area (Å²) in [6.45, 7) is 0.992. The van der Waals surface area contributed by atoms with Gasteiger partial charge in [-0.15, -0.1) is 0 Å². The summed E-state index contributed by atoms with van der Waals surface area (Å²) in [5, 5.41) is 0. The van der Waals surface area contributed by atoms with Crippen LogP contribution in [0.3, 0.4) is 0 Å². The number of aliphatic imine (C=N–C) groups is 1. The van der Waals surface area contributed by atoms with Gasteiger partial charge in [0.25, 0.3) is 0 Å². The second-order valence-corrected chi connectivity index (χ2v) is 2.33. The van der Waals surface area contributed by atoms with Crippen LogP contribution in [0.4, 0.5) is 0 Å². The summed E-state index contributed by atoms with van der Waals surface area (Å²) in [4.78, 5) is 4.06. The topological polar surface area (TPSA) is 38.4 Å². The molecule has 0 radical (unpaired) electrons.